The van der Waals surface area contributed by atoms with Crippen LogP contribution < -0.4 is 28.4 Å². The summed E-state index contributed by atoms with van der Waals surface area (Å²) in [6, 6.07) is 16.4. The third kappa shape index (κ3) is 5.11. The highest BCUT2D eigenvalue weighted by molar-refractivity contribution is 5.49. The summed E-state index contributed by atoms with van der Waals surface area (Å²) >= 11 is 0. The Labute approximate surface area is 195 Å². The summed E-state index contributed by atoms with van der Waals surface area (Å²) in [5, 5.41) is 0. The number of benzene rings is 3. The molecule has 0 saturated heterocycles. The number of rotatable bonds is 10. The van der Waals surface area contributed by atoms with E-state index < -0.39 is 0 Å². The van der Waals surface area contributed by atoms with E-state index in [0.29, 0.717) is 0 Å². The van der Waals surface area contributed by atoms with Gasteiger partial charge in [-0.2, -0.15) is 0 Å². The highest BCUT2D eigenvalue weighted by Crippen LogP contribution is 2.35. The van der Waals surface area contributed by atoms with E-state index in [1.807, 2.05) is 18.2 Å². The lowest BCUT2D eigenvalue weighted by Crippen LogP contribution is -2.03. The van der Waals surface area contributed by atoms with Crippen molar-refractivity contribution in [1.82, 2.24) is 0 Å². The van der Waals surface area contributed by atoms with Crippen LogP contribution in [0.3, 0.4) is 0 Å². The van der Waals surface area contributed by atoms with Gasteiger partial charge in [-0.25, -0.2) is 0 Å². The van der Waals surface area contributed by atoms with Gasteiger partial charge in [0.1, 0.15) is 0 Å². The minimum absolute atomic E-state index is 0.286. The first-order valence-corrected chi connectivity index (χ1v) is 11.0. The minimum atomic E-state index is 0.286. The van der Waals surface area contributed by atoms with Gasteiger partial charge in [-0.1, -0.05) is 12.1 Å². The maximum Gasteiger partial charge on any atom is 0.231 e. The number of hydrogen-bond donors (Lipinski definition) is 0. The van der Waals surface area contributed by atoms with Crippen LogP contribution in [0.15, 0.2) is 48.5 Å². The molecule has 0 atom stereocenters. The van der Waals surface area contributed by atoms with Gasteiger partial charge in [-0.3, -0.25) is 0 Å². The number of fused-ring (bicyclic) bond motifs is 1. The van der Waals surface area contributed by atoms with Gasteiger partial charge in [0.2, 0.25) is 6.79 Å². The normalized spacial score (nSPS) is 11.9. The molecule has 0 radical (unpaired) electrons. The van der Waals surface area contributed by atoms with E-state index in [1.165, 1.54) is 22.3 Å². The number of hydrogen-bond acceptors (Lipinski definition) is 6. The first kappa shape index (κ1) is 22.6. The van der Waals surface area contributed by atoms with Gasteiger partial charge >= 0.3 is 0 Å². The topological polar surface area (TPSA) is 55.4 Å². The summed E-state index contributed by atoms with van der Waals surface area (Å²) < 4.78 is 32.9. The molecule has 1 heterocycles. The maximum absolute atomic E-state index is 5.57. The van der Waals surface area contributed by atoms with Crippen LogP contribution in [-0.4, -0.2) is 35.2 Å². The Morgan fingerprint density at radius 2 is 1.06 bits per heavy atom. The maximum atomic E-state index is 5.57. The quantitative estimate of drug-likeness (QED) is 0.432. The molecule has 0 spiro atoms. The molecule has 3 aromatic rings. The van der Waals surface area contributed by atoms with Crippen molar-refractivity contribution in [3.05, 3.63) is 70.8 Å². The van der Waals surface area contributed by atoms with Crippen molar-refractivity contribution in [3.63, 3.8) is 0 Å². The molecular formula is C27H30O6. The second kappa shape index (κ2) is 10.4. The zero-order chi connectivity index (χ0) is 23.2. The van der Waals surface area contributed by atoms with Crippen molar-refractivity contribution >= 4 is 0 Å². The Bertz CT molecular complexity index is 1110. The molecule has 0 unspecified atom stereocenters. The Morgan fingerprint density at radius 1 is 0.545 bits per heavy atom. The standard InChI is InChI=1S/C27H30O6/c1-28-22-11-7-18(13-24(22)29-2)5-9-20-15-25(30-3)26(31-4)16-21(20)10-6-19-8-12-23-27(14-19)33-17-32-23/h7-8,11-16H,5-6,9-10,17H2,1-4H3. The van der Waals surface area contributed by atoms with E-state index in [4.69, 9.17) is 28.4 Å². The van der Waals surface area contributed by atoms with Crippen molar-refractivity contribution in [3.8, 4) is 34.5 Å². The monoisotopic (exact) mass is 450 g/mol. The number of ether oxygens (including phenoxy) is 6. The molecule has 3 aromatic carbocycles. The van der Waals surface area contributed by atoms with Gasteiger partial charge in [-0.05, 0) is 84.3 Å². The predicted octanol–water partition coefficient (Wildman–Crippen LogP) is 5.02. The molecule has 0 amide bonds. The highest BCUT2D eigenvalue weighted by atomic mass is 16.7. The van der Waals surface area contributed by atoms with Gasteiger partial charge < -0.3 is 28.4 Å². The van der Waals surface area contributed by atoms with E-state index >= 15 is 0 Å². The molecule has 174 valence electrons. The zero-order valence-electron chi connectivity index (χ0n) is 19.6. The van der Waals surface area contributed by atoms with Gasteiger partial charge in [0.05, 0.1) is 28.4 Å². The smallest absolute Gasteiger partial charge is 0.231 e. The average Bonchev–Trinajstić information content (AvgIpc) is 3.33. The van der Waals surface area contributed by atoms with E-state index in [2.05, 4.69) is 30.3 Å². The lowest BCUT2D eigenvalue weighted by Gasteiger charge is -2.16. The summed E-state index contributed by atoms with van der Waals surface area (Å²) in [4.78, 5) is 0. The minimum Gasteiger partial charge on any atom is -0.493 e. The summed E-state index contributed by atoms with van der Waals surface area (Å²) in [6.45, 7) is 0.286. The van der Waals surface area contributed by atoms with Crippen LogP contribution in [-0.2, 0) is 25.7 Å². The van der Waals surface area contributed by atoms with Crippen LogP contribution in [0.25, 0.3) is 0 Å². The first-order chi connectivity index (χ1) is 16.1. The molecule has 0 saturated carbocycles. The molecule has 0 fully saturated rings. The molecule has 0 aromatic heterocycles. The van der Waals surface area contributed by atoms with Crippen molar-refractivity contribution in [2.75, 3.05) is 35.2 Å². The molecule has 0 N–H and O–H groups in total. The Hall–Kier alpha value is -3.54. The fourth-order valence-corrected chi connectivity index (χ4v) is 4.12. The van der Waals surface area contributed by atoms with Gasteiger partial charge in [0, 0.05) is 0 Å². The van der Waals surface area contributed by atoms with Crippen LogP contribution >= 0.6 is 0 Å². The Balaban J connectivity index is 1.54. The van der Waals surface area contributed by atoms with Gasteiger partial charge in [-0.15, -0.1) is 0 Å². The molecule has 1 aliphatic heterocycles. The van der Waals surface area contributed by atoms with Crippen LogP contribution in [0.4, 0.5) is 0 Å². The molecule has 0 aliphatic carbocycles. The van der Waals surface area contributed by atoms with Crippen LogP contribution in [0, 0.1) is 0 Å². The molecule has 1 aliphatic rings. The summed E-state index contributed by atoms with van der Waals surface area (Å²) in [7, 11) is 6.64. The number of aryl methyl sites for hydroxylation is 4. The molecule has 6 nitrogen and oxygen atoms in total. The Kier molecular flexibility index (Phi) is 7.13. The molecule has 33 heavy (non-hydrogen) atoms. The van der Waals surface area contributed by atoms with Crippen molar-refractivity contribution < 1.29 is 28.4 Å². The van der Waals surface area contributed by atoms with Crippen molar-refractivity contribution in [2.45, 2.75) is 25.7 Å². The third-order valence-electron chi connectivity index (χ3n) is 5.96. The fourth-order valence-electron chi connectivity index (χ4n) is 4.12. The predicted molar refractivity (Wildman–Crippen MR) is 126 cm³/mol. The largest absolute Gasteiger partial charge is 0.493 e. The van der Waals surface area contributed by atoms with Crippen molar-refractivity contribution in [2.24, 2.45) is 0 Å². The average molecular weight is 451 g/mol. The van der Waals surface area contributed by atoms with E-state index in [9.17, 15) is 0 Å². The second-order valence-electron chi connectivity index (χ2n) is 7.85. The SMILES string of the molecule is COc1ccc(CCc2cc(OC)c(OC)cc2CCc2ccc3c(c2)OCO3)cc1OC. The summed E-state index contributed by atoms with van der Waals surface area (Å²) in [5.74, 6) is 4.58. The van der Waals surface area contributed by atoms with Gasteiger partial charge in [0.15, 0.2) is 34.5 Å². The number of methoxy groups -OCH3 is 4. The van der Waals surface area contributed by atoms with Crippen LogP contribution in [0.5, 0.6) is 34.5 Å². The summed E-state index contributed by atoms with van der Waals surface area (Å²) in [6.07, 6.45) is 3.50. The lowest BCUT2D eigenvalue weighted by molar-refractivity contribution is 0.174. The van der Waals surface area contributed by atoms with E-state index in [-0.39, 0.29) is 6.79 Å². The summed E-state index contributed by atoms with van der Waals surface area (Å²) in [5.41, 5.74) is 4.87. The molecule has 6 heteroatoms. The molecular weight excluding hydrogens is 420 g/mol. The van der Waals surface area contributed by atoms with Crippen LogP contribution in [0.2, 0.25) is 0 Å². The molecule has 0 bridgehead atoms. The zero-order valence-corrected chi connectivity index (χ0v) is 19.6. The highest BCUT2D eigenvalue weighted by Gasteiger charge is 2.15. The van der Waals surface area contributed by atoms with Gasteiger partial charge in [0.25, 0.3) is 0 Å². The lowest BCUT2D eigenvalue weighted by atomic mass is 9.94. The molecule has 4 rings (SSSR count). The third-order valence-corrected chi connectivity index (χ3v) is 5.96. The van der Waals surface area contributed by atoms with Crippen LogP contribution in [0.1, 0.15) is 22.3 Å². The van der Waals surface area contributed by atoms with E-state index in [0.717, 1.165) is 60.2 Å². The first-order valence-electron chi connectivity index (χ1n) is 11.0. The second-order valence-corrected chi connectivity index (χ2v) is 7.85. The van der Waals surface area contributed by atoms with E-state index in [1.54, 1.807) is 28.4 Å². The van der Waals surface area contributed by atoms with Crippen molar-refractivity contribution in [1.29, 1.82) is 0 Å². The Morgan fingerprint density at radius 3 is 1.67 bits per heavy atom. The fraction of sp³-hybridized carbons (Fsp3) is 0.333.